The van der Waals surface area contributed by atoms with Gasteiger partial charge in [0.25, 0.3) is 0 Å². The lowest BCUT2D eigenvalue weighted by atomic mass is 9.88. The molecule has 0 saturated heterocycles. The lowest BCUT2D eigenvalue weighted by Crippen LogP contribution is -2.12. The Hall–Kier alpha value is -2.03. The van der Waals surface area contributed by atoms with Crippen LogP contribution >= 0.6 is 0 Å². The zero-order valence-electron chi connectivity index (χ0n) is 12.7. The third-order valence-electron chi connectivity index (χ3n) is 3.58. The molecule has 2 rings (SSSR count). The molecule has 106 valence electrons. The fourth-order valence-corrected chi connectivity index (χ4v) is 2.02. The van der Waals surface area contributed by atoms with E-state index in [0.29, 0.717) is 0 Å². The highest BCUT2D eigenvalue weighted by atomic mass is 15.0. The maximum atomic E-state index is 5.91. The standard InChI is InChI=1S/C17H23N3/c1-12-13(6-5-7-15(12)18)10-19-16-9-8-14(11-20-16)17(2,3)4/h5-9,11H,10,18H2,1-4H3,(H,19,20). The quantitative estimate of drug-likeness (QED) is 0.831. The third kappa shape index (κ3) is 3.29. The van der Waals surface area contributed by atoms with Crippen LogP contribution < -0.4 is 11.1 Å². The van der Waals surface area contributed by atoms with E-state index in [1.54, 1.807) is 0 Å². The van der Waals surface area contributed by atoms with Crippen molar-refractivity contribution < 1.29 is 0 Å². The Labute approximate surface area is 121 Å². The van der Waals surface area contributed by atoms with E-state index >= 15 is 0 Å². The zero-order valence-corrected chi connectivity index (χ0v) is 12.7. The van der Waals surface area contributed by atoms with Crippen molar-refractivity contribution in [2.45, 2.75) is 39.7 Å². The number of nitrogens with two attached hydrogens (primary N) is 1. The molecule has 0 bridgehead atoms. The van der Waals surface area contributed by atoms with Gasteiger partial charge in [0.05, 0.1) is 0 Å². The average Bonchev–Trinajstić information content (AvgIpc) is 2.40. The summed E-state index contributed by atoms with van der Waals surface area (Å²) in [6, 6.07) is 10.1. The Morgan fingerprint density at radius 2 is 1.90 bits per heavy atom. The summed E-state index contributed by atoms with van der Waals surface area (Å²) in [5.74, 6) is 0.889. The molecule has 1 heterocycles. The summed E-state index contributed by atoms with van der Waals surface area (Å²) < 4.78 is 0. The number of nitrogens with zero attached hydrogens (tertiary/aromatic N) is 1. The van der Waals surface area contributed by atoms with Crippen LogP contribution in [0.15, 0.2) is 36.5 Å². The summed E-state index contributed by atoms with van der Waals surface area (Å²) in [5, 5.41) is 3.34. The van der Waals surface area contributed by atoms with Gasteiger partial charge in [-0.25, -0.2) is 4.98 Å². The van der Waals surface area contributed by atoms with E-state index in [4.69, 9.17) is 5.73 Å². The average molecular weight is 269 g/mol. The van der Waals surface area contributed by atoms with Gasteiger partial charge in [-0.3, -0.25) is 0 Å². The van der Waals surface area contributed by atoms with Crippen molar-refractivity contribution in [2.24, 2.45) is 0 Å². The van der Waals surface area contributed by atoms with Crippen LogP contribution in [-0.2, 0) is 12.0 Å². The molecular weight excluding hydrogens is 246 g/mol. The van der Waals surface area contributed by atoms with Crippen molar-refractivity contribution in [1.82, 2.24) is 4.98 Å². The molecule has 20 heavy (non-hydrogen) atoms. The van der Waals surface area contributed by atoms with Gasteiger partial charge in [-0.05, 0) is 41.2 Å². The fourth-order valence-electron chi connectivity index (χ4n) is 2.02. The molecule has 0 aliphatic carbocycles. The van der Waals surface area contributed by atoms with E-state index in [-0.39, 0.29) is 5.41 Å². The summed E-state index contributed by atoms with van der Waals surface area (Å²) in [6.07, 6.45) is 1.94. The minimum absolute atomic E-state index is 0.135. The maximum absolute atomic E-state index is 5.91. The third-order valence-corrected chi connectivity index (χ3v) is 3.58. The molecule has 0 aliphatic heterocycles. The first-order chi connectivity index (χ1) is 9.38. The minimum atomic E-state index is 0.135. The molecule has 0 saturated carbocycles. The monoisotopic (exact) mass is 269 g/mol. The summed E-state index contributed by atoms with van der Waals surface area (Å²) in [5.41, 5.74) is 10.5. The molecule has 0 spiro atoms. The SMILES string of the molecule is Cc1c(N)cccc1CNc1ccc(C(C)(C)C)cn1. The summed E-state index contributed by atoms with van der Waals surface area (Å²) in [7, 11) is 0. The Balaban J connectivity index is 2.06. The van der Waals surface area contributed by atoms with Crippen LogP contribution in [-0.4, -0.2) is 4.98 Å². The Morgan fingerprint density at radius 3 is 2.50 bits per heavy atom. The molecule has 3 heteroatoms. The first-order valence-electron chi connectivity index (χ1n) is 6.92. The lowest BCUT2D eigenvalue weighted by Gasteiger charge is -2.18. The topological polar surface area (TPSA) is 50.9 Å². The smallest absolute Gasteiger partial charge is 0.126 e. The van der Waals surface area contributed by atoms with Crippen molar-refractivity contribution in [1.29, 1.82) is 0 Å². The van der Waals surface area contributed by atoms with Crippen LogP contribution in [0, 0.1) is 6.92 Å². The normalized spacial score (nSPS) is 11.4. The molecule has 0 amide bonds. The molecule has 3 nitrogen and oxygen atoms in total. The lowest BCUT2D eigenvalue weighted by molar-refractivity contribution is 0.587. The van der Waals surface area contributed by atoms with Crippen LogP contribution in [0.5, 0.6) is 0 Å². The molecule has 2 aromatic rings. The summed E-state index contributed by atoms with van der Waals surface area (Å²) in [4.78, 5) is 4.47. The van der Waals surface area contributed by atoms with Crippen LogP contribution in [0.25, 0.3) is 0 Å². The Kier molecular flexibility index (Phi) is 3.98. The minimum Gasteiger partial charge on any atom is -0.399 e. The second kappa shape index (κ2) is 5.53. The number of rotatable bonds is 3. The summed E-state index contributed by atoms with van der Waals surface area (Å²) >= 11 is 0. The number of benzene rings is 1. The van der Waals surface area contributed by atoms with Crippen LogP contribution in [0.3, 0.4) is 0 Å². The van der Waals surface area contributed by atoms with Crippen LogP contribution in [0.1, 0.15) is 37.5 Å². The van der Waals surface area contributed by atoms with Gasteiger partial charge < -0.3 is 11.1 Å². The highest BCUT2D eigenvalue weighted by Crippen LogP contribution is 2.22. The Bertz CT molecular complexity index is 580. The number of anilines is 2. The molecule has 1 aromatic heterocycles. The molecule has 0 atom stereocenters. The van der Waals surface area contributed by atoms with Gasteiger partial charge >= 0.3 is 0 Å². The first kappa shape index (κ1) is 14.4. The number of nitrogen functional groups attached to an aromatic ring is 1. The highest BCUT2D eigenvalue weighted by Gasteiger charge is 2.13. The van der Waals surface area contributed by atoms with Gasteiger partial charge in [0.1, 0.15) is 5.82 Å². The number of hydrogen-bond donors (Lipinski definition) is 2. The molecule has 3 N–H and O–H groups in total. The van der Waals surface area contributed by atoms with Gasteiger partial charge in [0.15, 0.2) is 0 Å². The van der Waals surface area contributed by atoms with Crippen LogP contribution in [0.2, 0.25) is 0 Å². The largest absolute Gasteiger partial charge is 0.399 e. The number of aromatic nitrogens is 1. The molecule has 0 radical (unpaired) electrons. The van der Waals surface area contributed by atoms with E-state index in [1.165, 1.54) is 11.1 Å². The van der Waals surface area contributed by atoms with Crippen molar-refractivity contribution in [3.05, 3.63) is 53.2 Å². The first-order valence-corrected chi connectivity index (χ1v) is 6.92. The van der Waals surface area contributed by atoms with E-state index in [9.17, 15) is 0 Å². The highest BCUT2D eigenvalue weighted by molar-refractivity contribution is 5.51. The van der Waals surface area contributed by atoms with Gasteiger partial charge in [0, 0.05) is 18.4 Å². The maximum Gasteiger partial charge on any atom is 0.126 e. The van der Waals surface area contributed by atoms with E-state index < -0.39 is 0 Å². The van der Waals surface area contributed by atoms with E-state index in [1.807, 2.05) is 31.3 Å². The molecule has 0 unspecified atom stereocenters. The predicted octanol–water partition coefficient (Wildman–Crippen LogP) is 3.88. The molecule has 0 aliphatic rings. The predicted molar refractivity (Wildman–Crippen MR) is 85.9 cm³/mol. The summed E-state index contributed by atoms with van der Waals surface area (Å²) in [6.45, 7) is 9.34. The van der Waals surface area contributed by atoms with Crippen molar-refractivity contribution in [2.75, 3.05) is 11.1 Å². The fraction of sp³-hybridized carbons (Fsp3) is 0.353. The second-order valence-corrected chi connectivity index (χ2v) is 6.17. The number of nitrogens with one attached hydrogen (secondary N) is 1. The molecule has 1 aromatic carbocycles. The van der Waals surface area contributed by atoms with E-state index in [0.717, 1.165) is 23.6 Å². The van der Waals surface area contributed by atoms with Gasteiger partial charge in [-0.1, -0.05) is 39.0 Å². The second-order valence-electron chi connectivity index (χ2n) is 6.17. The number of pyridine rings is 1. The van der Waals surface area contributed by atoms with Crippen LogP contribution in [0.4, 0.5) is 11.5 Å². The van der Waals surface area contributed by atoms with Gasteiger partial charge in [0.2, 0.25) is 0 Å². The molecular formula is C17H23N3. The van der Waals surface area contributed by atoms with Gasteiger partial charge in [-0.2, -0.15) is 0 Å². The Morgan fingerprint density at radius 1 is 1.15 bits per heavy atom. The van der Waals surface area contributed by atoms with Crippen molar-refractivity contribution >= 4 is 11.5 Å². The van der Waals surface area contributed by atoms with E-state index in [2.05, 4.69) is 43.2 Å². The van der Waals surface area contributed by atoms with Crippen molar-refractivity contribution in [3.63, 3.8) is 0 Å². The van der Waals surface area contributed by atoms with Gasteiger partial charge in [-0.15, -0.1) is 0 Å². The van der Waals surface area contributed by atoms with Crippen molar-refractivity contribution in [3.8, 4) is 0 Å². The zero-order chi connectivity index (χ0) is 14.8. The molecule has 0 fully saturated rings. The number of hydrogen-bond acceptors (Lipinski definition) is 3.